The van der Waals surface area contributed by atoms with Crippen LogP contribution in [0.1, 0.15) is 402 Å². The topological polar surface area (TPSA) is 237 Å². The lowest BCUT2D eigenvalue weighted by Gasteiger charge is -2.21. The van der Waals surface area contributed by atoms with Crippen molar-refractivity contribution in [3.63, 3.8) is 0 Å². The molecule has 0 saturated carbocycles. The minimum atomic E-state index is -4.96. The van der Waals surface area contributed by atoms with Gasteiger partial charge in [-0.3, -0.25) is 37.3 Å². The van der Waals surface area contributed by atoms with Gasteiger partial charge in [-0.1, -0.05) is 351 Å². The van der Waals surface area contributed by atoms with Gasteiger partial charge in [-0.15, -0.1) is 0 Å². The van der Waals surface area contributed by atoms with Crippen LogP contribution in [0.2, 0.25) is 0 Å². The predicted octanol–water partition coefficient (Wildman–Crippen LogP) is 23.2. The van der Waals surface area contributed by atoms with Gasteiger partial charge in [-0.2, -0.15) is 0 Å². The number of carbonyl (C=O) groups is 4. The van der Waals surface area contributed by atoms with Gasteiger partial charge >= 0.3 is 39.5 Å². The molecule has 0 aromatic carbocycles. The molecule has 3 N–H and O–H groups in total. The zero-order valence-electron chi connectivity index (χ0n) is 64.4. The third kappa shape index (κ3) is 69.8. The van der Waals surface area contributed by atoms with Gasteiger partial charge in [0.05, 0.1) is 26.4 Å². The molecule has 0 aromatic heterocycles. The second-order valence-electron chi connectivity index (χ2n) is 29.9. The van der Waals surface area contributed by atoms with Crippen LogP contribution in [0.25, 0.3) is 0 Å². The lowest BCUT2D eigenvalue weighted by Crippen LogP contribution is -2.30. The van der Waals surface area contributed by atoms with E-state index in [1.54, 1.807) is 0 Å². The molecule has 0 spiro atoms. The Morgan fingerprint density at radius 3 is 0.724 bits per heavy atom. The van der Waals surface area contributed by atoms with E-state index >= 15 is 0 Å². The molecular formula is C79H154O17P2. The molecule has 17 nitrogen and oxygen atoms in total. The molecule has 0 aromatic rings. The normalized spacial score (nSPS) is 14.6. The van der Waals surface area contributed by atoms with E-state index in [-0.39, 0.29) is 25.7 Å². The molecule has 0 heterocycles. The van der Waals surface area contributed by atoms with Gasteiger partial charge in [-0.25, -0.2) is 9.13 Å². The first-order valence-corrected chi connectivity index (χ1v) is 43.8. The molecule has 4 unspecified atom stereocenters. The fourth-order valence-electron chi connectivity index (χ4n) is 12.0. The fraction of sp³-hybridized carbons (Fsp3) is 0.949. The molecule has 0 aliphatic heterocycles. The molecule has 0 aliphatic rings. The number of aliphatic hydroxyl groups excluding tert-OH is 1. The molecule has 0 aliphatic carbocycles. The Labute approximate surface area is 600 Å². The van der Waals surface area contributed by atoms with Gasteiger partial charge in [0.15, 0.2) is 12.2 Å². The number of ether oxygens (including phenoxy) is 4. The Balaban J connectivity index is 5.21. The van der Waals surface area contributed by atoms with Crippen LogP contribution in [-0.2, 0) is 65.4 Å². The third-order valence-corrected chi connectivity index (χ3v) is 20.9. The Bertz CT molecular complexity index is 1920. The lowest BCUT2D eigenvalue weighted by atomic mass is 9.99. The fourth-order valence-corrected chi connectivity index (χ4v) is 13.6. The minimum absolute atomic E-state index is 0.104. The van der Waals surface area contributed by atoms with Crippen molar-refractivity contribution in [2.24, 2.45) is 23.7 Å². The van der Waals surface area contributed by atoms with Crippen molar-refractivity contribution in [1.29, 1.82) is 0 Å². The average Bonchev–Trinajstić information content (AvgIpc) is 0.922. The van der Waals surface area contributed by atoms with Crippen LogP contribution in [0.15, 0.2) is 0 Å². The molecule has 0 radical (unpaired) electrons. The summed E-state index contributed by atoms with van der Waals surface area (Å²) in [4.78, 5) is 72.9. The summed E-state index contributed by atoms with van der Waals surface area (Å²) in [5, 5.41) is 10.6. The maximum atomic E-state index is 13.1. The van der Waals surface area contributed by atoms with E-state index in [9.17, 15) is 43.2 Å². The number of unbranched alkanes of at least 4 members (excludes halogenated alkanes) is 40. The highest BCUT2D eigenvalue weighted by molar-refractivity contribution is 7.47. The second kappa shape index (κ2) is 68.2. The largest absolute Gasteiger partial charge is 0.472 e. The summed E-state index contributed by atoms with van der Waals surface area (Å²) in [7, 11) is -9.92. The summed E-state index contributed by atoms with van der Waals surface area (Å²) in [5.74, 6) is 0.990. The number of hydrogen-bond donors (Lipinski definition) is 3. The Hall–Kier alpha value is -1.94. The van der Waals surface area contributed by atoms with Gasteiger partial charge in [0.2, 0.25) is 0 Å². The molecule has 0 amide bonds. The first kappa shape index (κ1) is 96.1. The Kier molecular flexibility index (Phi) is 66.8. The van der Waals surface area contributed by atoms with Crippen molar-refractivity contribution in [3.8, 4) is 0 Å². The Morgan fingerprint density at radius 1 is 0.286 bits per heavy atom. The van der Waals surface area contributed by atoms with Crippen molar-refractivity contribution in [3.05, 3.63) is 0 Å². The molecule has 98 heavy (non-hydrogen) atoms. The van der Waals surface area contributed by atoms with E-state index < -0.39 is 97.5 Å². The summed E-state index contributed by atoms with van der Waals surface area (Å²) in [5.41, 5.74) is 0. The molecule has 19 heteroatoms. The molecule has 0 fully saturated rings. The van der Waals surface area contributed by atoms with Crippen LogP contribution in [0.5, 0.6) is 0 Å². The van der Waals surface area contributed by atoms with Gasteiger partial charge in [-0.05, 0) is 49.4 Å². The van der Waals surface area contributed by atoms with Crippen molar-refractivity contribution in [1.82, 2.24) is 0 Å². The minimum Gasteiger partial charge on any atom is -0.462 e. The van der Waals surface area contributed by atoms with Crippen LogP contribution >= 0.6 is 15.6 Å². The van der Waals surface area contributed by atoms with Crippen molar-refractivity contribution < 1.29 is 80.2 Å². The summed E-state index contributed by atoms with van der Waals surface area (Å²) in [6.07, 6.45) is 54.2. The van der Waals surface area contributed by atoms with Crippen molar-refractivity contribution in [2.45, 2.75) is 420 Å². The van der Waals surface area contributed by atoms with Gasteiger partial charge in [0, 0.05) is 25.7 Å². The van der Waals surface area contributed by atoms with E-state index in [4.69, 9.17) is 37.0 Å². The standard InChI is InChI=1S/C79H154O17P2/c1-9-71(7)57-49-41-33-27-21-17-15-13-11-12-14-16-18-22-29-35-45-53-61-78(83)95-74(65-89-76(81)59-51-43-34-28-23-19-20-25-31-39-47-55-69(3)4)67-93-97(85,86)91-63-73(80)64-92-98(87,88)94-68-75(66-90-77(82)60-52-44-38-37-42-50-58-72(8)10-2)96-79(84)62-54-46-36-30-24-26-32-40-48-56-70(5)6/h69-75,80H,9-68H2,1-8H3,(H,85,86)(H,87,88)/t71?,72?,73-,74-,75-/m1/s1. The predicted molar refractivity (Wildman–Crippen MR) is 400 cm³/mol. The molecule has 0 bridgehead atoms. The van der Waals surface area contributed by atoms with Crippen LogP contribution in [0, 0.1) is 23.7 Å². The quantitative estimate of drug-likeness (QED) is 0.0222. The van der Waals surface area contributed by atoms with E-state index in [0.717, 1.165) is 120 Å². The highest BCUT2D eigenvalue weighted by Crippen LogP contribution is 2.45. The molecule has 582 valence electrons. The number of rotatable bonds is 76. The summed E-state index contributed by atoms with van der Waals surface area (Å²) >= 11 is 0. The van der Waals surface area contributed by atoms with E-state index in [1.807, 2.05) is 0 Å². The maximum Gasteiger partial charge on any atom is 0.472 e. The monoisotopic (exact) mass is 1440 g/mol. The zero-order chi connectivity index (χ0) is 72.4. The number of phosphoric acid groups is 2. The number of phosphoric ester groups is 2. The van der Waals surface area contributed by atoms with Crippen molar-refractivity contribution in [2.75, 3.05) is 39.6 Å². The number of esters is 4. The molecular weight excluding hydrogens is 1280 g/mol. The summed E-state index contributed by atoms with van der Waals surface area (Å²) < 4.78 is 68.6. The number of aliphatic hydroxyl groups is 1. The van der Waals surface area contributed by atoms with Gasteiger partial charge in [0.1, 0.15) is 19.3 Å². The average molecular weight is 1440 g/mol. The summed E-state index contributed by atoms with van der Waals surface area (Å²) in [6, 6.07) is 0. The van der Waals surface area contributed by atoms with E-state index in [1.165, 1.54) is 199 Å². The maximum absolute atomic E-state index is 13.1. The first-order chi connectivity index (χ1) is 47.2. The zero-order valence-corrected chi connectivity index (χ0v) is 66.2. The number of hydrogen-bond acceptors (Lipinski definition) is 15. The van der Waals surface area contributed by atoms with Crippen LogP contribution in [0.4, 0.5) is 0 Å². The van der Waals surface area contributed by atoms with E-state index in [2.05, 4.69) is 55.4 Å². The van der Waals surface area contributed by atoms with Gasteiger partial charge < -0.3 is 33.8 Å². The van der Waals surface area contributed by atoms with Gasteiger partial charge in [0.25, 0.3) is 0 Å². The van der Waals surface area contributed by atoms with Crippen LogP contribution in [0.3, 0.4) is 0 Å². The Morgan fingerprint density at radius 2 is 0.490 bits per heavy atom. The molecule has 7 atom stereocenters. The SMILES string of the molecule is CCC(C)CCCCCCCCCCCCCCCCCCCCC(=O)O[C@H](COC(=O)CCCCCCCCCCCCCC(C)C)COP(=O)(O)OC[C@@H](O)COP(=O)(O)OC[C@@H](COC(=O)CCCCCCCCC(C)CC)OC(=O)CCCCCCCCCCCC(C)C. The lowest BCUT2D eigenvalue weighted by molar-refractivity contribution is -0.161. The highest BCUT2D eigenvalue weighted by Gasteiger charge is 2.30. The molecule has 0 saturated heterocycles. The smallest absolute Gasteiger partial charge is 0.462 e. The first-order valence-electron chi connectivity index (χ1n) is 40.8. The number of carbonyl (C=O) groups excluding carboxylic acids is 4. The third-order valence-electron chi connectivity index (χ3n) is 19.0. The van der Waals surface area contributed by atoms with Crippen LogP contribution in [-0.4, -0.2) is 96.7 Å². The summed E-state index contributed by atoms with van der Waals surface area (Å²) in [6.45, 7) is 14.2. The highest BCUT2D eigenvalue weighted by atomic mass is 31.2. The second-order valence-corrected chi connectivity index (χ2v) is 32.8. The van der Waals surface area contributed by atoms with Crippen LogP contribution < -0.4 is 0 Å². The van der Waals surface area contributed by atoms with E-state index in [0.29, 0.717) is 25.7 Å². The molecule has 0 rings (SSSR count). The van der Waals surface area contributed by atoms with Crippen molar-refractivity contribution >= 4 is 39.5 Å².